The molecule has 3 aromatic rings. The van der Waals surface area contributed by atoms with Crippen LogP contribution in [0.25, 0.3) is 10.2 Å². The molecule has 1 heterocycles. The molecule has 3 rings (SSSR count). The van der Waals surface area contributed by atoms with Gasteiger partial charge >= 0.3 is 0 Å². The van der Waals surface area contributed by atoms with Crippen molar-refractivity contribution >= 4 is 42.6 Å². The average molecular weight is 545 g/mol. The molecule has 9 nitrogen and oxygen atoms in total. The van der Waals surface area contributed by atoms with Crippen molar-refractivity contribution in [1.29, 1.82) is 0 Å². The van der Waals surface area contributed by atoms with E-state index >= 15 is 0 Å². The van der Waals surface area contributed by atoms with Crippen LogP contribution in [-0.4, -0.2) is 83.0 Å². The molecule has 11 heteroatoms. The molecule has 198 valence electrons. The fourth-order valence-corrected chi connectivity index (χ4v) is 6.09. The summed E-state index contributed by atoms with van der Waals surface area (Å²) in [7, 11) is 3.22. The number of likely N-dealkylation sites (N-methyl/N-ethyl adjacent to an activating group) is 1. The van der Waals surface area contributed by atoms with Gasteiger partial charge in [0, 0.05) is 31.7 Å². The molecule has 1 amide bonds. The third-order valence-corrected chi connectivity index (χ3v) is 8.49. The third kappa shape index (κ3) is 6.19. The van der Waals surface area contributed by atoms with Crippen LogP contribution < -0.4 is 14.4 Å². The zero-order chi connectivity index (χ0) is 27.2. The number of rotatable bonds is 13. The SMILES string of the molecule is C=CCN(CC=C)S(=O)(=O)c1ccc(C(=O)N(CCN(C)C)c2nc3c(OC)ccc(OC)c3s2)cc1. The zero-order valence-corrected chi connectivity index (χ0v) is 23.1. The van der Waals surface area contributed by atoms with Gasteiger partial charge in [0.1, 0.15) is 21.7 Å². The van der Waals surface area contributed by atoms with E-state index in [1.165, 1.54) is 52.1 Å². The second kappa shape index (κ2) is 12.3. The first-order valence-electron chi connectivity index (χ1n) is 11.5. The number of methoxy groups -OCH3 is 2. The number of nitrogens with zero attached hydrogens (tertiary/aromatic N) is 4. The molecule has 1 aromatic heterocycles. The van der Waals surface area contributed by atoms with E-state index in [-0.39, 0.29) is 23.9 Å². The maximum Gasteiger partial charge on any atom is 0.260 e. The fourth-order valence-electron chi connectivity index (χ4n) is 3.61. The minimum absolute atomic E-state index is 0.0852. The molecule has 0 N–H and O–H groups in total. The van der Waals surface area contributed by atoms with Gasteiger partial charge in [-0.1, -0.05) is 23.5 Å². The molecule has 0 spiro atoms. The van der Waals surface area contributed by atoms with Crippen LogP contribution in [0.2, 0.25) is 0 Å². The summed E-state index contributed by atoms with van der Waals surface area (Å²) in [4.78, 5) is 22.0. The smallest absolute Gasteiger partial charge is 0.260 e. The van der Waals surface area contributed by atoms with Crippen molar-refractivity contribution in [2.45, 2.75) is 4.90 Å². The Morgan fingerprint density at radius 1 is 0.973 bits per heavy atom. The first-order valence-corrected chi connectivity index (χ1v) is 13.7. The number of hydrogen-bond donors (Lipinski definition) is 0. The van der Waals surface area contributed by atoms with E-state index in [0.29, 0.717) is 40.8 Å². The van der Waals surface area contributed by atoms with Crippen LogP contribution in [0.1, 0.15) is 10.4 Å². The predicted octanol–water partition coefficient (Wildman–Crippen LogP) is 3.88. The minimum atomic E-state index is -3.77. The van der Waals surface area contributed by atoms with Crippen LogP contribution in [0, 0.1) is 0 Å². The summed E-state index contributed by atoms with van der Waals surface area (Å²) in [6.45, 7) is 8.53. The third-order valence-electron chi connectivity index (χ3n) is 5.55. The summed E-state index contributed by atoms with van der Waals surface area (Å²) in [6.07, 6.45) is 3.03. The van der Waals surface area contributed by atoms with Gasteiger partial charge in [-0.15, -0.1) is 13.2 Å². The molecule has 0 saturated heterocycles. The largest absolute Gasteiger partial charge is 0.495 e. The van der Waals surface area contributed by atoms with E-state index in [1.807, 2.05) is 19.0 Å². The molecule has 0 unspecified atom stereocenters. The normalized spacial score (nSPS) is 11.6. The van der Waals surface area contributed by atoms with Gasteiger partial charge in [0.15, 0.2) is 5.13 Å². The van der Waals surface area contributed by atoms with Gasteiger partial charge in [0.2, 0.25) is 10.0 Å². The Hall–Kier alpha value is -3.25. The Bertz CT molecular complexity index is 1320. The van der Waals surface area contributed by atoms with Crippen molar-refractivity contribution < 1.29 is 22.7 Å². The summed E-state index contributed by atoms with van der Waals surface area (Å²) < 4.78 is 39.1. The number of fused-ring (bicyclic) bond motifs is 1. The zero-order valence-electron chi connectivity index (χ0n) is 21.5. The van der Waals surface area contributed by atoms with Gasteiger partial charge in [-0.2, -0.15) is 4.31 Å². The number of anilines is 1. The lowest BCUT2D eigenvalue weighted by Gasteiger charge is -2.22. The summed E-state index contributed by atoms with van der Waals surface area (Å²) in [6, 6.07) is 9.50. The van der Waals surface area contributed by atoms with Crippen molar-refractivity contribution in [3.8, 4) is 11.5 Å². The van der Waals surface area contributed by atoms with Crippen LogP contribution in [0.15, 0.2) is 66.6 Å². The van der Waals surface area contributed by atoms with Crippen LogP contribution in [0.4, 0.5) is 5.13 Å². The lowest BCUT2D eigenvalue weighted by Crippen LogP contribution is -2.36. The highest BCUT2D eigenvalue weighted by Gasteiger charge is 2.26. The summed E-state index contributed by atoms with van der Waals surface area (Å²) >= 11 is 1.33. The first-order chi connectivity index (χ1) is 17.7. The lowest BCUT2D eigenvalue weighted by atomic mass is 10.2. The molecule has 0 saturated carbocycles. The number of hydrogen-bond acceptors (Lipinski definition) is 8. The van der Waals surface area contributed by atoms with Gasteiger partial charge in [0.25, 0.3) is 5.91 Å². The highest BCUT2D eigenvalue weighted by Crippen LogP contribution is 2.40. The van der Waals surface area contributed by atoms with E-state index in [9.17, 15) is 13.2 Å². The number of carbonyl (C=O) groups excluding carboxylic acids is 1. The maximum absolute atomic E-state index is 13.7. The number of aromatic nitrogens is 1. The number of amides is 1. The highest BCUT2D eigenvalue weighted by molar-refractivity contribution is 7.89. The number of benzene rings is 2. The molecule has 37 heavy (non-hydrogen) atoms. The summed E-state index contributed by atoms with van der Waals surface area (Å²) in [5.41, 5.74) is 0.949. The molecule has 0 atom stereocenters. The number of thiazole rings is 1. The van der Waals surface area contributed by atoms with E-state index in [2.05, 4.69) is 13.2 Å². The molecular formula is C26H32N4O5S2. The molecule has 0 aliphatic heterocycles. The Morgan fingerprint density at radius 3 is 2.11 bits per heavy atom. The van der Waals surface area contributed by atoms with Crippen LogP contribution in [0.3, 0.4) is 0 Å². The van der Waals surface area contributed by atoms with E-state index in [1.54, 1.807) is 31.3 Å². The molecular weight excluding hydrogens is 512 g/mol. The second-order valence-corrected chi connectivity index (χ2v) is 11.2. The van der Waals surface area contributed by atoms with Crippen molar-refractivity contribution in [1.82, 2.24) is 14.2 Å². The van der Waals surface area contributed by atoms with Gasteiger partial charge in [-0.05, 0) is 50.5 Å². The predicted molar refractivity (Wildman–Crippen MR) is 149 cm³/mol. The quantitative estimate of drug-likeness (QED) is 0.302. The number of sulfonamides is 1. The number of ether oxygens (including phenoxy) is 2. The first kappa shape index (κ1) is 28.3. The van der Waals surface area contributed by atoms with Crippen LogP contribution in [0.5, 0.6) is 11.5 Å². The topological polar surface area (TPSA) is 92.3 Å². The van der Waals surface area contributed by atoms with Crippen molar-refractivity contribution in [2.75, 3.05) is 59.4 Å². The van der Waals surface area contributed by atoms with Crippen LogP contribution in [-0.2, 0) is 10.0 Å². The summed E-state index contributed by atoms with van der Waals surface area (Å²) in [5.74, 6) is 0.922. The average Bonchev–Trinajstić information content (AvgIpc) is 3.33. The Morgan fingerprint density at radius 2 is 1.57 bits per heavy atom. The Labute approximate surface area is 222 Å². The fraction of sp³-hybridized carbons (Fsp3) is 0.308. The molecule has 0 aliphatic carbocycles. The summed E-state index contributed by atoms with van der Waals surface area (Å²) in [5, 5.41) is 0.490. The van der Waals surface area contributed by atoms with Crippen molar-refractivity contribution in [3.05, 3.63) is 67.3 Å². The molecule has 2 aromatic carbocycles. The van der Waals surface area contributed by atoms with Gasteiger partial charge < -0.3 is 14.4 Å². The lowest BCUT2D eigenvalue weighted by molar-refractivity contribution is 0.0985. The van der Waals surface area contributed by atoms with Crippen LogP contribution >= 0.6 is 11.3 Å². The van der Waals surface area contributed by atoms with Gasteiger partial charge in [-0.25, -0.2) is 13.4 Å². The van der Waals surface area contributed by atoms with E-state index < -0.39 is 10.0 Å². The Kier molecular flexibility index (Phi) is 9.44. The number of carbonyl (C=O) groups is 1. The molecule has 0 radical (unpaired) electrons. The van der Waals surface area contributed by atoms with Crippen molar-refractivity contribution in [2.24, 2.45) is 0 Å². The van der Waals surface area contributed by atoms with Gasteiger partial charge in [0.05, 0.1) is 19.1 Å². The van der Waals surface area contributed by atoms with E-state index in [4.69, 9.17) is 14.5 Å². The van der Waals surface area contributed by atoms with E-state index in [0.717, 1.165) is 4.70 Å². The second-order valence-electron chi connectivity index (χ2n) is 8.33. The monoisotopic (exact) mass is 544 g/mol. The van der Waals surface area contributed by atoms with Crippen molar-refractivity contribution in [3.63, 3.8) is 0 Å². The standard InChI is InChI=1S/C26H32N4O5S2/c1-7-15-29(16-8-2)37(32,33)20-11-9-19(10-12-20)25(31)30(18-17-28(3)4)26-27-23-21(34-5)13-14-22(35-6)24(23)36-26/h7-14H,1-2,15-18H2,3-6H3. The maximum atomic E-state index is 13.7. The highest BCUT2D eigenvalue weighted by atomic mass is 32.2. The molecule has 0 aliphatic rings. The molecule has 0 fully saturated rings. The minimum Gasteiger partial charge on any atom is -0.495 e. The van der Waals surface area contributed by atoms with Gasteiger partial charge in [-0.3, -0.25) is 9.69 Å². The Balaban J connectivity index is 2.00. The molecule has 0 bridgehead atoms.